The molecule has 2 fully saturated rings. The molecule has 42 heavy (non-hydrogen) atoms. The number of carbonyl (C=O) groups excluding carboxylic acids is 1. The quantitative estimate of drug-likeness (QED) is 0.276. The SMILES string of the molecule is CC.COCC1CCCCC1.CSCCC(NC(=O)c1ccc(CN2CCC(C)C2)cc1-c1ccccc1C)C(=O)O. The van der Waals surface area contributed by atoms with Gasteiger partial charge >= 0.3 is 5.97 Å². The van der Waals surface area contributed by atoms with Crippen molar-refractivity contribution in [2.45, 2.75) is 85.2 Å². The standard InChI is InChI=1S/C25H32N2O3S.C8H16O.C2H6/c1-17-10-12-27(15-17)16-19-8-9-21(22(14-19)20-7-5-4-6-18(20)2)24(28)26-23(25(29)30)11-13-31-3;1-9-7-8-5-3-2-4-6-8;1-2/h4-9,14,17,23H,10-13,15-16H2,1-3H3,(H,26,28)(H,29,30);8H,2-7H2,1H3;1-2H3. The molecule has 1 aliphatic carbocycles. The summed E-state index contributed by atoms with van der Waals surface area (Å²) in [6.45, 7) is 12.3. The Labute approximate surface area is 259 Å². The zero-order valence-corrected chi connectivity index (χ0v) is 27.6. The van der Waals surface area contributed by atoms with Gasteiger partial charge in [0.2, 0.25) is 0 Å². The van der Waals surface area contributed by atoms with Crippen LogP contribution < -0.4 is 5.32 Å². The molecule has 1 saturated carbocycles. The number of aryl methyl sites for hydroxylation is 1. The number of ether oxygens (including phenoxy) is 1. The van der Waals surface area contributed by atoms with Crippen LogP contribution in [0, 0.1) is 18.8 Å². The summed E-state index contributed by atoms with van der Waals surface area (Å²) in [5, 5.41) is 12.3. The number of amides is 1. The summed E-state index contributed by atoms with van der Waals surface area (Å²) in [4.78, 5) is 27.2. The number of hydrogen-bond acceptors (Lipinski definition) is 5. The third-order valence-electron chi connectivity index (χ3n) is 8.02. The molecule has 1 aliphatic heterocycles. The van der Waals surface area contributed by atoms with Gasteiger partial charge in [-0.25, -0.2) is 4.79 Å². The van der Waals surface area contributed by atoms with Crippen LogP contribution in [0.1, 0.15) is 87.2 Å². The summed E-state index contributed by atoms with van der Waals surface area (Å²) < 4.78 is 5.08. The number of likely N-dealkylation sites (tertiary alicyclic amines) is 1. The highest BCUT2D eigenvalue weighted by Gasteiger charge is 2.24. The third-order valence-corrected chi connectivity index (χ3v) is 8.66. The molecule has 1 heterocycles. The molecule has 6 nitrogen and oxygen atoms in total. The molecule has 0 spiro atoms. The molecule has 2 N–H and O–H groups in total. The van der Waals surface area contributed by atoms with Gasteiger partial charge in [0, 0.05) is 32.4 Å². The largest absolute Gasteiger partial charge is 0.480 e. The number of carboxylic acid groups (broad SMARTS) is 1. The van der Waals surface area contributed by atoms with Crippen LogP contribution in [0.25, 0.3) is 11.1 Å². The second-order valence-electron chi connectivity index (χ2n) is 11.4. The average Bonchev–Trinajstić information content (AvgIpc) is 3.41. The van der Waals surface area contributed by atoms with Crippen molar-refractivity contribution < 1.29 is 19.4 Å². The monoisotopic (exact) mass is 598 g/mol. The van der Waals surface area contributed by atoms with Crippen molar-refractivity contribution in [3.05, 3.63) is 59.2 Å². The summed E-state index contributed by atoms with van der Waals surface area (Å²) in [5.41, 5.74) is 4.62. The van der Waals surface area contributed by atoms with Gasteiger partial charge in [0.1, 0.15) is 6.04 Å². The van der Waals surface area contributed by atoms with Gasteiger partial charge in [0.15, 0.2) is 0 Å². The molecule has 4 rings (SSSR count). The molecular formula is C35H54N2O4S. The van der Waals surface area contributed by atoms with Crippen LogP contribution in [0.4, 0.5) is 0 Å². The number of rotatable bonds is 11. The average molecular weight is 599 g/mol. The Kier molecular flexibility index (Phi) is 16.9. The van der Waals surface area contributed by atoms with Crippen molar-refractivity contribution in [3.8, 4) is 11.1 Å². The Hall–Kier alpha value is -2.35. The van der Waals surface area contributed by atoms with E-state index < -0.39 is 12.0 Å². The van der Waals surface area contributed by atoms with Crippen molar-refractivity contribution in [1.29, 1.82) is 0 Å². The first-order valence-corrected chi connectivity index (χ1v) is 17.1. The Morgan fingerprint density at radius 1 is 1.07 bits per heavy atom. The highest BCUT2D eigenvalue weighted by Crippen LogP contribution is 2.29. The maximum atomic E-state index is 13.1. The van der Waals surface area contributed by atoms with Gasteiger partial charge in [-0.1, -0.05) is 70.4 Å². The molecule has 2 aromatic rings. The molecule has 234 valence electrons. The van der Waals surface area contributed by atoms with Crippen molar-refractivity contribution in [2.24, 2.45) is 11.8 Å². The first-order valence-electron chi connectivity index (χ1n) is 15.7. The van der Waals surface area contributed by atoms with Crippen LogP contribution in [-0.4, -0.2) is 66.7 Å². The maximum absolute atomic E-state index is 13.1. The van der Waals surface area contributed by atoms with E-state index in [4.69, 9.17) is 4.74 Å². The number of methoxy groups -OCH3 is 1. The fraction of sp³-hybridized carbons (Fsp3) is 0.600. The number of carbonyl (C=O) groups is 2. The minimum absolute atomic E-state index is 0.340. The van der Waals surface area contributed by atoms with E-state index in [1.807, 2.05) is 63.4 Å². The van der Waals surface area contributed by atoms with Gasteiger partial charge in [-0.2, -0.15) is 11.8 Å². The zero-order chi connectivity index (χ0) is 30.9. The maximum Gasteiger partial charge on any atom is 0.326 e. The summed E-state index contributed by atoms with van der Waals surface area (Å²) in [6.07, 6.45) is 10.6. The molecule has 0 aromatic heterocycles. The highest BCUT2D eigenvalue weighted by molar-refractivity contribution is 7.98. The van der Waals surface area contributed by atoms with Crippen LogP contribution in [0.2, 0.25) is 0 Å². The van der Waals surface area contributed by atoms with E-state index >= 15 is 0 Å². The van der Waals surface area contributed by atoms with Gasteiger partial charge in [0.05, 0.1) is 0 Å². The number of carboxylic acids is 1. The second kappa shape index (κ2) is 19.8. The van der Waals surface area contributed by atoms with E-state index in [0.29, 0.717) is 17.7 Å². The van der Waals surface area contributed by atoms with Gasteiger partial charge in [0.25, 0.3) is 5.91 Å². The molecule has 1 amide bonds. The molecule has 0 radical (unpaired) electrons. The Morgan fingerprint density at radius 3 is 2.38 bits per heavy atom. The number of hydrogen-bond donors (Lipinski definition) is 2. The smallest absolute Gasteiger partial charge is 0.326 e. The number of nitrogens with zero attached hydrogens (tertiary/aromatic N) is 1. The van der Waals surface area contributed by atoms with E-state index in [0.717, 1.165) is 54.8 Å². The van der Waals surface area contributed by atoms with Crippen LogP contribution in [0.3, 0.4) is 0 Å². The number of benzene rings is 2. The van der Waals surface area contributed by atoms with Gasteiger partial charge < -0.3 is 15.2 Å². The number of nitrogens with one attached hydrogen (secondary N) is 1. The molecule has 2 atom stereocenters. The lowest BCUT2D eigenvalue weighted by molar-refractivity contribution is -0.139. The van der Waals surface area contributed by atoms with E-state index in [1.54, 1.807) is 18.9 Å². The molecule has 1 saturated heterocycles. The van der Waals surface area contributed by atoms with Crippen molar-refractivity contribution >= 4 is 23.6 Å². The number of aliphatic carboxylic acids is 1. The summed E-state index contributed by atoms with van der Waals surface area (Å²) in [7, 11) is 1.80. The van der Waals surface area contributed by atoms with E-state index in [2.05, 4.69) is 23.2 Å². The fourth-order valence-corrected chi connectivity index (χ4v) is 6.20. The fourth-order valence-electron chi connectivity index (χ4n) is 5.73. The predicted molar refractivity (Wildman–Crippen MR) is 177 cm³/mol. The van der Waals surface area contributed by atoms with Gasteiger partial charge in [-0.05, 0) is 97.4 Å². The zero-order valence-electron chi connectivity index (χ0n) is 26.8. The Bertz CT molecular complexity index is 1080. The lowest BCUT2D eigenvalue weighted by atomic mass is 9.90. The molecule has 0 bridgehead atoms. The van der Waals surface area contributed by atoms with Crippen molar-refractivity contribution in [2.75, 3.05) is 38.8 Å². The minimum Gasteiger partial charge on any atom is -0.480 e. The van der Waals surface area contributed by atoms with Crippen LogP contribution in [0.5, 0.6) is 0 Å². The normalized spacial score (nSPS) is 17.8. The topological polar surface area (TPSA) is 78.9 Å². The Balaban J connectivity index is 0.000000473. The highest BCUT2D eigenvalue weighted by atomic mass is 32.2. The minimum atomic E-state index is -1.00. The first-order chi connectivity index (χ1) is 20.3. The lowest BCUT2D eigenvalue weighted by Gasteiger charge is -2.19. The predicted octanol–water partition coefficient (Wildman–Crippen LogP) is 7.68. The van der Waals surface area contributed by atoms with Gasteiger partial charge in [-0.3, -0.25) is 9.69 Å². The number of thioether (sulfide) groups is 1. The molecule has 2 aliphatic rings. The molecule has 2 aromatic carbocycles. The molecular weight excluding hydrogens is 544 g/mol. The molecule has 7 heteroatoms. The van der Waals surface area contributed by atoms with E-state index in [1.165, 1.54) is 44.1 Å². The Morgan fingerprint density at radius 2 is 1.79 bits per heavy atom. The summed E-state index contributed by atoms with van der Waals surface area (Å²) in [6, 6.07) is 13.1. The first kappa shape index (κ1) is 35.8. The second-order valence-corrected chi connectivity index (χ2v) is 12.4. The summed E-state index contributed by atoms with van der Waals surface area (Å²) >= 11 is 1.57. The van der Waals surface area contributed by atoms with E-state index in [-0.39, 0.29) is 5.91 Å². The van der Waals surface area contributed by atoms with Gasteiger partial charge in [-0.15, -0.1) is 0 Å². The van der Waals surface area contributed by atoms with Crippen LogP contribution >= 0.6 is 11.8 Å². The van der Waals surface area contributed by atoms with Crippen molar-refractivity contribution in [1.82, 2.24) is 10.2 Å². The van der Waals surface area contributed by atoms with Crippen LogP contribution in [0.15, 0.2) is 42.5 Å². The summed E-state index contributed by atoms with van der Waals surface area (Å²) in [5.74, 6) is 0.932. The van der Waals surface area contributed by atoms with Crippen molar-refractivity contribution in [3.63, 3.8) is 0 Å². The van der Waals surface area contributed by atoms with Crippen LogP contribution in [-0.2, 0) is 16.1 Å². The lowest BCUT2D eigenvalue weighted by Crippen LogP contribution is -2.41. The molecule has 2 unspecified atom stereocenters. The third kappa shape index (κ3) is 11.7. The van der Waals surface area contributed by atoms with E-state index in [9.17, 15) is 14.7 Å².